The molecule has 1 fully saturated rings. The summed E-state index contributed by atoms with van der Waals surface area (Å²) in [7, 11) is 0. The number of halogens is 3. The van der Waals surface area contributed by atoms with Gasteiger partial charge in [-0.05, 0) is 61.1 Å². The number of amides is 1. The summed E-state index contributed by atoms with van der Waals surface area (Å²) >= 11 is 0. The highest BCUT2D eigenvalue weighted by Gasteiger charge is 2.31. The average Bonchev–Trinajstić information content (AvgIpc) is 3.15. The van der Waals surface area contributed by atoms with Gasteiger partial charge in [0.05, 0.1) is 5.56 Å². The summed E-state index contributed by atoms with van der Waals surface area (Å²) in [4.78, 5) is 24.4. The van der Waals surface area contributed by atoms with Crippen molar-refractivity contribution in [3.63, 3.8) is 0 Å². The number of aryl methyl sites for hydroxylation is 1. The van der Waals surface area contributed by atoms with E-state index in [0.29, 0.717) is 43.5 Å². The maximum absolute atomic E-state index is 13.2. The van der Waals surface area contributed by atoms with Crippen molar-refractivity contribution < 1.29 is 18.0 Å². The molecular formula is C24H25F3N4O. The number of nitrogens with one attached hydrogen (secondary N) is 1. The van der Waals surface area contributed by atoms with E-state index in [9.17, 15) is 18.0 Å². The molecule has 1 aliphatic heterocycles. The van der Waals surface area contributed by atoms with Crippen LogP contribution in [0, 0.1) is 5.92 Å². The van der Waals surface area contributed by atoms with E-state index in [0.717, 1.165) is 36.0 Å². The topological polar surface area (TPSA) is 52.2 Å². The molecule has 0 saturated carbocycles. The zero-order valence-corrected chi connectivity index (χ0v) is 17.9. The number of aromatic nitrogens is 2. The van der Waals surface area contributed by atoms with Crippen LogP contribution in [0.1, 0.15) is 40.5 Å². The molecule has 0 spiro atoms. The lowest BCUT2D eigenvalue weighted by Crippen LogP contribution is -2.49. The van der Waals surface area contributed by atoms with Gasteiger partial charge in [0.15, 0.2) is 0 Å². The Kier molecular flexibility index (Phi) is 5.10. The highest BCUT2D eigenvalue weighted by molar-refractivity contribution is 5.99. The molecule has 8 heteroatoms. The summed E-state index contributed by atoms with van der Waals surface area (Å²) in [6.07, 6.45) is -0.265. The summed E-state index contributed by atoms with van der Waals surface area (Å²) in [5, 5.41) is 1.14. The molecule has 5 rings (SSSR count). The van der Waals surface area contributed by atoms with Crippen LogP contribution in [0.3, 0.4) is 0 Å². The van der Waals surface area contributed by atoms with E-state index in [4.69, 9.17) is 0 Å². The number of aromatic amines is 1. The summed E-state index contributed by atoms with van der Waals surface area (Å²) in [5.74, 6) is 1.14. The average molecular weight is 442 g/mol. The molecule has 0 radical (unpaired) electrons. The van der Waals surface area contributed by atoms with Crippen molar-refractivity contribution >= 4 is 22.6 Å². The van der Waals surface area contributed by atoms with Gasteiger partial charge in [-0.15, -0.1) is 0 Å². The van der Waals surface area contributed by atoms with E-state index in [1.165, 1.54) is 23.7 Å². The number of nitrogens with zero attached hydrogens (tertiary/aromatic N) is 3. The fourth-order valence-electron chi connectivity index (χ4n) is 4.79. The normalized spacial score (nSPS) is 19.3. The molecule has 1 saturated heterocycles. The third-order valence-electron chi connectivity index (χ3n) is 6.65. The first-order valence-electron chi connectivity index (χ1n) is 11.0. The van der Waals surface area contributed by atoms with Gasteiger partial charge in [0.1, 0.15) is 5.82 Å². The Balaban J connectivity index is 1.28. The molecule has 168 valence electrons. The van der Waals surface area contributed by atoms with E-state index < -0.39 is 11.7 Å². The monoisotopic (exact) mass is 442 g/mol. The largest absolute Gasteiger partial charge is 0.417 e. The van der Waals surface area contributed by atoms with Crippen LogP contribution in [0.5, 0.6) is 0 Å². The Morgan fingerprint density at radius 2 is 1.91 bits per heavy atom. The van der Waals surface area contributed by atoms with Crippen LogP contribution in [0.25, 0.3) is 10.9 Å². The van der Waals surface area contributed by atoms with Crippen molar-refractivity contribution in [1.29, 1.82) is 0 Å². The van der Waals surface area contributed by atoms with Gasteiger partial charge in [-0.25, -0.2) is 4.98 Å². The zero-order chi connectivity index (χ0) is 22.5. The molecule has 5 nitrogen and oxygen atoms in total. The summed E-state index contributed by atoms with van der Waals surface area (Å²) < 4.78 is 38.3. The zero-order valence-electron chi connectivity index (χ0n) is 17.9. The van der Waals surface area contributed by atoms with Gasteiger partial charge < -0.3 is 14.8 Å². The van der Waals surface area contributed by atoms with Gasteiger partial charge in [0.2, 0.25) is 0 Å². The first-order valence-corrected chi connectivity index (χ1v) is 11.0. The second-order valence-electron chi connectivity index (χ2n) is 8.87. The smallest absolute Gasteiger partial charge is 0.358 e. The van der Waals surface area contributed by atoms with Crippen LogP contribution >= 0.6 is 0 Å². The molecular weight excluding hydrogens is 417 g/mol. The van der Waals surface area contributed by atoms with E-state index in [1.54, 1.807) is 0 Å². The summed E-state index contributed by atoms with van der Waals surface area (Å²) in [6, 6.07) is 8.32. The third-order valence-corrected chi connectivity index (χ3v) is 6.65. The predicted molar refractivity (Wildman–Crippen MR) is 117 cm³/mol. The fraction of sp³-hybridized carbons (Fsp3) is 0.417. The van der Waals surface area contributed by atoms with Crippen molar-refractivity contribution in [3.8, 4) is 0 Å². The lowest BCUT2D eigenvalue weighted by atomic mass is 9.87. The molecule has 3 aromatic rings. The van der Waals surface area contributed by atoms with Crippen molar-refractivity contribution in [2.24, 2.45) is 5.92 Å². The Morgan fingerprint density at radius 3 is 2.59 bits per heavy atom. The van der Waals surface area contributed by atoms with Gasteiger partial charge in [0, 0.05) is 54.5 Å². The lowest BCUT2D eigenvalue weighted by molar-refractivity contribution is -0.137. The summed E-state index contributed by atoms with van der Waals surface area (Å²) in [6.45, 7) is 4.33. The Labute approximate surface area is 184 Å². The molecule has 1 aromatic carbocycles. The number of carbonyl (C=O) groups is 1. The van der Waals surface area contributed by atoms with Gasteiger partial charge in [-0.2, -0.15) is 13.2 Å². The molecule has 1 amide bonds. The lowest BCUT2D eigenvalue weighted by Gasteiger charge is -2.35. The number of carbonyl (C=O) groups excluding carboxylic acids is 1. The predicted octanol–water partition coefficient (Wildman–Crippen LogP) is 4.67. The van der Waals surface area contributed by atoms with Gasteiger partial charge in [-0.1, -0.05) is 6.92 Å². The molecule has 2 aliphatic rings. The molecule has 0 unspecified atom stereocenters. The van der Waals surface area contributed by atoms with Crippen LogP contribution in [-0.4, -0.2) is 47.0 Å². The first-order chi connectivity index (χ1) is 15.3. The minimum atomic E-state index is -4.39. The minimum Gasteiger partial charge on any atom is -0.358 e. The molecule has 2 aromatic heterocycles. The minimum absolute atomic E-state index is 0.00858. The second kappa shape index (κ2) is 7.83. The van der Waals surface area contributed by atoms with E-state index in [1.807, 2.05) is 28.0 Å². The Morgan fingerprint density at radius 1 is 1.12 bits per heavy atom. The second-order valence-corrected chi connectivity index (χ2v) is 8.87. The van der Waals surface area contributed by atoms with Gasteiger partial charge in [0.25, 0.3) is 5.91 Å². The number of anilines is 1. The highest BCUT2D eigenvalue weighted by Crippen LogP contribution is 2.33. The third kappa shape index (κ3) is 3.82. The number of piperazine rings is 1. The number of pyridine rings is 1. The van der Waals surface area contributed by atoms with Crippen LogP contribution in [0.15, 0.2) is 36.5 Å². The number of fused-ring (bicyclic) bond motifs is 3. The van der Waals surface area contributed by atoms with Crippen LogP contribution in [0.2, 0.25) is 0 Å². The maximum Gasteiger partial charge on any atom is 0.417 e. The van der Waals surface area contributed by atoms with Gasteiger partial charge >= 0.3 is 6.18 Å². The SMILES string of the molecule is C[C@H]1CCc2[nH]c3ccc(C(=O)N4CCN(c5ccc(C(F)(F)F)cn5)CC4)cc3c2C1. The van der Waals surface area contributed by atoms with E-state index >= 15 is 0 Å². The number of hydrogen-bond donors (Lipinski definition) is 1. The highest BCUT2D eigenvalue weighted by atomic mass is 19.4. The van der Waals surface area contributed by atoms with Crippen LogP contribution in [-0.2, 0) is 19.0 Å². The van der Waals surface area contributed by atoms with Crippen molar-refractivity contribution in [2.75, 3.05) is 31.1 Å². The van der Waals surface area contributed by atoms with Gasteiger partial charge in [-0.3, -0.25) is 4.79 Å². The van der Waals surface area contributed by atoms with Crippen molar-refractivity contribution in [2.45, 2.75) is 32.4 Å². The molecule has 3 heterocycles. The standard InChI is InChI=1S/C24H25F3N4O/c1-15-2-5-20-18(12-15)19-13-16(3-6-21(19)29-20)23(32)31-10-8-30(9-11-31)22-7-4-17(14-28-22)24(25,26)27/h3-4,6-7,13-15,29H,2,5,8-12H2,1H3/t15-/m0/s1. The number of rotatable bonds is 2. The van der Waals surface area contributed by atoms with E-state index in [2.05, 4.69) is 16.9 Å². The Hall–Kier alpha value is -3.03. The van der Waals surface area contributed by atoms with Crippen LogP contribution < -0.4 is 4.90 Å². The molecule has 1 aliphatic carbocycles. The Bertz CT molecular complexity index is 1140. The first kappa shape index (κ1) is 20.8. The summed E-state index contributed by atoms with van der Waals surface area (Å²) in [5.41, 5.74) is 3.64. The number of H-pyrrole nitrogens is 1. The maximum atomic E-state index is 13.2. The number of alkyl halides is 3. The molecule has 32 heavy (non-hydrogen) atoms. The molecule has 1 atom stereocenters. The molecule has 1 N–H and O–H groups in total. The van der Waals surface area contributed by atoms with Crippen LogP contribution in [0.4, 0.5) is 19.0 Å². The van der Waals surface area contributed by atoms with Crippen molar-refractivity contribution in [1.82, 2.24) is 14.9 Å². The van der Waals surface area contributed by atoms with Crippen molar-refractivity contribution in [3.05, 3.63) is 58.9 Å². The molecule has 0 bridgehead atoms. The van der Waals surface area contributed by atoms with E-state index in [-0.39, 0.29) is 5.91 Å². The quantitative estimate of drug-likeness (QED) is 0.628. The number of hydrogen-bond acceptors (Lipinski definition) is 3. The number of benzene rings is 1. The fourth-order valence-corrected chi connectivity index (χ4v) is 4.79.